The first-order valence-corrected chi connectivity index (χ1v) is 7.51. The van der Waals surface area contributed by atoms with Crippen molar-refractivity contribution in [2.45, 2.75) is 0 Å². The van der Waals surface area contributed by atoms with Gasteiger partial charge in [0.05, 0.1) is 17.8 Å². The highest BCUT2D eigenvalue weighted by atomic mass is 32.1. The Balaban J connectivity index is 1.85. The Morgan fingerprint density at radius 2 is 1.82 bits per heavy atom. The molecular formula is C16H11N3O2S. The normalized spacial score (nSPS) is 11.1. The van der Waals surface area contributed by atoms with Crippen molar-refractivity contribution in [3.63, 3.8) is 0 Å². The Morgan fingerprint density at radius 3 is 2.64 bits per heavy atom. The smallest absolute Gasteiger partial charge is 0.219 e. The number of nitrogens with zero attached hydrogens (tertiary/aromatic N) is 3. The molecular weight excluding hydrogens is 298 g/mol. The van der Waals surface area contributed by atoms with Crippen molar-refractivity contribution in [3.05, 3.63) is 54.0 Å². The summed E-state index contributed by atoms with van der Waals surface area (Å²) in [5.41, 5.74) is 3.46. The van der Waals surface area contributed by atoms with E-state index in [9.17, 15) is 10.2 Å². The topological polar surface area (TPSA) is 70.7 Å². The Morgan fingerprint density at radius 1 is 1.00 bits per heavy atom. The molecule has 2 N–H and O–H groups in total. The summed E-state index contributed by atoms with van der Waals surface area (Å²) in [6.45, 7) is 0. The second-order valence-electron chi connectivity index (χ2n) is 4.83. The molecule has 4 aromatic rings. The highest BCUT2D eigenvalue weighted by Gasteiger charge is 2.14. The molecule has 0 aliphatic heterocycles. The van der Waals surface area contributed by atoms with Gasteiger partial charge in [-0.15, -0.1) is 11.3 Å². The molecule has 5 nitrogen and oxygen atoms in total. The minimum atomic E-state index is -0.230. The van der Waals surface area contributed by atoms with Gasteiger partial charge in [-0.25, -0.2) is 0 Å². The number of thiophene rings is 1. The van der Waals surface area contributed by atoms with Crippen LogP contribution in [0.3, 0.4) is 0 Å². The fourth-order valence-corrected chi connectivity index (χ4v) is 3.29. The van der Waals surface area contributed by atoms with Gasteiger partial charge < -0.3 is 10.2 Å². The summed E-state index contributed by atoms with van der Waals surface area (Å²) in [6.07, 6.45) is 1.64. The van der Waals surface area contributed by atoms with Gasteiger partial charge in [0.15, 0.2) is 5.65 Å². The Bertz CT molecular complexity index is 960. The van der Waals surface area contributed by atoms with Crippen LogP contribution in [0.5, 0.6) is 11.8 Å². The number of hydrogen-bond acceptors (Lipinski definition) is 5. The largest absolute Gasteiger partial charge is 0.493 e. The Labute approximate surface area is 129 Å². The number of aromatic hydroxyl groups is 2. The van der Waals surface area contributed by atoms with Crippen LogP contribution in [-0.4, -0.2) is 24.8 Å². The second-order valence-corrected chi connectivity index (χ2v) is 5.74. The number of benzene rings is 1. The Kier molecular flexibility index (Phi) is 2.83. The molecule has 22 heavy (non-hydrogen) atoms. The lowest BCUT2D eigenvalue weighted by atomic mass is 10.1. The molecule has 0 fully saturated rings. The van der Waals surface area contributed by atoms with Gasteiger partial charge in [-0.2, -0.15) is 14.6 Å². The molecule has 0 unspecified atom stereocenters. The van der Waals surface area contributed by atoms with E-state index in [1.807, 2.05) is 18.2 Å². The van der Waals surface area contributed by atoms with E-state index < -0.39 is 0 Å². The summed E-state index contributed by atoms with van der Waals surface area (Å²) in [5, 5.41) is 25.6. The molecule has 0 spiro atoms. The number of rotatable bonds is 2. The third-order valence-corrected chi connectivity index (χ3v) is 4.38. The average molecular weight is 309 g/mol. The van der Waals surface area contributed by atoms with Crippen molar-refractivity contribution in [1.82, 2.24) is 14.6 Å². The predicted molar refractivity (Wildman–Crippen MR) is 85.1 cm³/mol. The van der Waals surface area contributed by atoms with Crippen LogP contribution in [0.25, 0.3) is 27.2 Å². The zero-order chi connectivity index (χ0) is 15.1. The van der Waals surface area contributed by atoms with Crippen LogP contribution in [-0.2, 0) is 0 Å². The van der Waals surface area contributed by atoms with Crippen LogP contribution in [0.4, 0.5) is 0 Å². The van der Waals surface area contributed by atoms with Crippen LogP contribution < -0.4 is 0 Å². The quantitative estimate of drug-likeness (QED) is 0.594. The fraction of sp³-hybridized carbons (Fsp3) is 0. The van der Waals surface area contributed by atoms with E-state index >= 15 is 0 Å². The molecule has 0 amide bonds. The van der Waals surface area contributed by atoms with Gasteiger partial charge in [0.1, 0.15) is 0 Å². The highest BCUT2D eigenvalue weighted by molar-refractivity contribution is 7.14. The van der Waals surface area contributed by atoms with E-state index in [-0.39, 0.29) is 11.8 Å². The van der Waals surface area contributed by atoms with Crippen molar-refractivity contribution in [3.8, 4) is 33.3 Å². The lowest BCUT2D eigenvalue weighted by Crippen LogP contribution is -1.90. The van der Waals surface area contributed by atoms with Gasteiger partial charge in [-0.3, -0.25) is 0 Å². The molecule has 4 rings (SSSR count). The minimum absolute atomic E-state index is 0.145. The van der Waals surface area contributed by atoms with E-state index in [1.54, 1.807) is 17.5 Å². The Hall–Kier alpha value is -2.86. The number of aromatic nitrogens is 3. The zero-order valence-corrected chi connectivity index (χ0v) is 12.2. The first kappa shape index (κ1) is 12.8. The van der Waals surface area contributed by atoms with Gasteiger partial charge in [0, 0.05) is 4.88 Å². The van der Waals surface area contributed by atoms with Crippen molar-refractivity contribution in [2.24, 2.45) is 0 Å². The van der Waals surface area contributed by atoms with E-state index in [2.05, 4.69) is 33.7 Å². The molecule has 0 saturated carbocycles. The van der Waals surface area contributed by atoms with Crippen molar-refractivity contribution < 1.29 is 10.2 Å². The lowest BCUT2D eigenvalue weighted by molar-refractivity contribution is 0.412. The standard InChI is InChI=1S/C16H11N3O2S/c20-14-7-15(21)19-16(18-14)12(8-17-19)13-6-11(9-22-13)10-4-2-1-3-5-10/h1-9,21H,(H,18,20). The summed E-state index contributed by atoms with van der Waals surface area (Å²) in [5.74, 6) is -0.375. The van der Waals surface area contributed by atoms with Crippen molar-refractivity contribution >= 4 is 17.0 Å². The summed E-state index contributed by atoms with van der Waals surface area (Å²) in [4.78, 5) is 5.04. The second kappa shape index (κ2) is 4.85. The fourth-order valence-electron chi connectivity index (χ4n) is 2.37. The molecule has 0 aliphatic rings. The molecule has 0 bridgehead atoms. The van der Waals surface area contributed by atoms with E-state index in [4.69, 9.17) is 0 Å². The predicted octanol–water partition coefficient (Wildman–Crippen LogP) is 3.54. The van der Waals surface area contributed by atoms with Crippen LogP contribution in [0.2, 0.25) is 0 Å². The van der Waals surface area contributed by atoms with Crippen LogP contribution in [0.1, 0.15) is 0 Å². The third kappa shape index (κ3) is 2.01. The molecule has 0 atom stereocenters. The van der Waals surface area contributed by atoms with Crippen molar-refractivity contribution in [2.75, 3.05) is 0 Å². The molecule has 3 aromatic heterocycles. The molecule has 1 aromatic carbocycles. The molecule has 6 heteroatoms. The lowest BCUT2D eigenvalue weighted by Gasteiger charge is -1.99. The third-order valence-electron chi connectivity index (χ3n) is 3.41. The molecule has 0 aliphatic carbocycles. The summed E-state index contributed by atoms with van der Waals surface area (Å²) in [6, 6.07) is 13.3. The van der Waals surface area contributed by atoms with Crippen LogP contribution >= 0.6 is 11.3 Å². The zero-order valence-electron chi connectivity index (χ0n) is 11.3. The van der Waals surface area contributed by atoms with E-state index in [1.165, 1.54) is 4.52 Å². The molecule has 108 valence electrons. The van der Waals surface area contributed by atoms with Gasteiger partial charge in [0.2, 0.25) is 11.8 Å². The molecule has 3 heterocycles. The summed E-state index contributed by atoms with van der Waals surface area (Å²) >= 11 is 1.57. The maximum Gasteiger partial charge on any atom is 0.219 e. The maximum atomic E-state index is 9.80. The molecule has 0 saturated heterocycles. The first-order chi connectivity index (χ1) is 10.7. The SMILES string of the molecule is Oc1cc(O)n2ncc(-c3cc(-c4ccccc4)cs3)c2n1. The van der Waals surface area contributed by atoms with Gasteiger partial charge in [-0.1, -0.05) is 30.3 Å². The van der Waals surface area contributed by atoms with Crippen LogP contribution in [0.15, 0.2) is 54.0 Å². The summed E-state index contributed by atoms with van der Waals surface area (Å²) in [7, 11) is 0. The average Bonchev–Trinajstić information content (AvgIpc) is 3.14. The minimum Gasteiger partial charge on any atom is -0.493 e. The van der Waals surface area contributed by atoms with Gasteiger partial charge in [0.25, 0.3) is 0 Å². The first-order valence-electron chi connectivity index (χ1n) is 6.63. The van der Waals surface area contributed by atoms with Crippen LogP contribution in [0, 0.1) is 0 Å². The van der Waals surface area contributed by atoms with E-state index in [0.717, 1.165) is 27.6 Å². The molecule has 0 radical (unpaired) electrons. The van der Waals surface area contributed by atoms with Gasteiger partial charge >= 0.3 is 0 Å². The van der Waals surface area contributed by atoms with Crippen molar-refractivity contribution in [1.29, 1.82) is 0 Å². The summed E-state index contributed by atoms with van der Waals surface area (Å²) < 4.78 is 1.30. The number of fused-ring (bicyclic) bond motifs is 1. The van der Waals surface area contributed by atoms with E-state index in [0.29, 0.717) is 5.65 Å². The van der Waals surface area contributed by atoms with Gasteiger partial charge in [-0.05, 0) is 22.6 Å². The highest BCUT2D eigenvalue weighted by Crippen LogP contribution is 2.35. The monoisotopic (exact) mass is 309 g/mol. The maximum absolute atomic E-state index is 9.80. The number of hydrogen-bond donors (Lipinski definition) is 2.